The van der Waals surface area contributed by atoms with Crippen LogP contribution in [-0.2, 0) is 4.79 Å². The summed E-state index contributed by atoms with van der Waals surface area (Å²) in [6.45, 7) is 6.95. The predicted molar refractivity (Wildman–Crippen MR) is 53.6 cm³/mol. The number of rotatable bonds is 3. The maximum absolute atomic E-state index is 11.6. The van der Waals surface area contributed by atoms with Crippen LogP contribution < -0.4 is 5.32 Å². The third-order valence-electron chi connectivity index (χ3n) is 2.47. The maximum atomic E-state index is 11.6. The van der Waals surface area contributed by atoms with Crippen LogP contribution in [0, 0.1) is 0 Å². The number of nitrogens with one attached hydrogen (secondary N) is 1. The van der Waals surface area contributed by atoms with Gasteiger partial charge in [0.1, 0.15) is 0 Å². The second kappa shape index (κ2) is 5.22. The number of carbonyl (C=O) groups is 1. The van der Waals surface area contributed by atoms with Crippen molar-refractivity contribution in [3.8, 4) is 0 Å². The van der Waals surface area contributed by atoms with Crippen LogP contribution >= 0.6 is 0 Å². The van der Waals surface area contributed by atoms with E-state index in [9.17, 15) is 4.79 Å². The fourth-order valence-electron chi connectivity index (χ4n) is 1.64. The Kier molecular flexibility index (Phi) is 4.22. The number of unbranched alkanes of at least 4 members (excludes halogenated alkanes) is 1. The largest absolute Gasteiger partial charge is 0.340 e. The number of piperazine rings is 1. The molecule has 13 heavy (non-hydrogen) atoms. The lowest BCUT2D eigenvalue weighted by atomic mass is 10.2. The van der Waals surface area contributed by atoms with Crippen molar-refractivity contribution in [2.75, 3.05) is 19.6 Å². The molecule has 0 radical (unpaired) electrons. The van der Waals surface area contributed by atoms with Crippen LogP contribution in [0.5, 0.6) is 0 Å². The molecular weight excluding hydrogens is 164 g/mol. The Morgan fingerprint density at radius 1 is 1.62 bits per heavy atom. The van der Waals surface area contributed by atoms with Gasteiger partial charge in [-0.05, 0) is 13.3 Å². The molecule has 0 aromatic carbocycles. The monoisotopic (exact) mass is 184 g/mol. The Labute approximate surface area is 80.5 Å². The molecule has 1 rings (SSSR count). The van der Waals surface area contributed by atoms with E-state index in [1.807, 2.05) is 4.90 Å². The fourth-order valence-corrected chi connectivity index (χ4v) is 1.64. The minimum absolute atomic E-state index is 0.329. The van der Waals surface area contributed by atoms with Crippen LogP contribution in [0.15, 0.2) is 0 Å². The maximum Gasteiger partial charge on any atom is 0.222 e. The van der Waals surface area contributed by atoms with Gasteiger partial charge >= 0.3 is 0 Å². The molecule has 0 unspecified atom stereocenters. The molecule has 3 heteroatoms. The van der Waals surface area contributed by atoms with Gasteiger partial charge in [0.2, 0.25) is 5.91 Å². The van der Waals surface area contributed by atoms with E-state index in [-0.39, 0.29) is 0 Å². The molecule has 3 nitrogen and oxygen atoms in total. The molecular formula is C10H20N2O. The molecule has 0 spiro atoms. The molecule has 1 atom stereocenters. The first-order valence-corrected chi connectivity index (χ1v) is 5.25. The summed E-state index contributed by atoms with van der Waals surface area (Å²) in [5, 5.41) is 3.33. The zero-order chi connectivity index (χ0) is 9.68. The van der Waals surface area contributed by atoms with Gasteiger partial charge in [-0.2, -0.15) is 0 Å². The van der Waals surface area contributed by atoms with E-state index in [2.05, 4.69) is 19.2 Å². The molecule has 0 bridgehead atoms. The molecule has 1 saturated heterocycles. The standard InChI is InChI=1S/C10H20N2O/c1-3-4-5-10(13)12-7-6-11-9(2)8-12/h9,11H,3-8H2,1-2H3/t9-/m1/s1. The highest BCUT2D eigenvalue weighted by atomic mass is 16.2. The number of hydrogen-bond donors (Lipinski definition) is 1. The molecule has 0 aromatic rings. The van der Waals surface area contributed by atoms with Gasteiger partial charge in [0, 0.05) is 32.1 Å². The van der Waals surface area contributed by atoms with Crippen molar-refractivity contribution in [1.29, 1.82) is 0 Å². The van der Waals surface area contributed by atoms with Gasteiger partial charge in [-0.1, -0.05) is 13.3 Å². The van der Waals surface area contributed by atoms with E-state index in [4.69, 9.17) is 0 Å². The fraction of sp³-hybridized carbons (Fsp3) is 0.900. The van der Waals surface area contributed by atoms with E-state index in [0.29, 0.717) is 11.9 Å². The Morgan fingerprint density at radius 2 is 2.38 bits per heavy atom. The van der Waals surface area contributed by atoms with Gasteiger partial charge in [-0.25, -0.2) is 0 Å². The quantitative estimate of drug-likeness (QED) is 0.709. The van der Waals surface area contributed by atoms with Gasteiger partial charge < -0.3 is 10.2 Å². The first-order chi connectivity index (χ1) is 6.24. The number of amides is 1. The molecule has 76 valence electrons. The summed E-state index contributed by atoms with van der Waals surface area (Å²) in [6, 6.07) is 0.458. The molecule has 0 aromatic heterocycles. The molecule has 1 heterocycles. The summed E-state index contributed by atoms with van der Waals surface area (Å²) in [7, 11) is 0. The summed E-state index contributed by atoms with van der Waals surface area (Å²) in [5.41, 5.74) is 0. The number of nitrogens with zero attached hydrogens (tertiary/aromatic N) is 1. The van der Waals surface area contributed by atoms with Crippen LogP contribution in [0.3, 0.4) is 0 Å². The summed E-state index contributed by atoms with van der Waals surface area (Å²) in [6.07, 6.45) is 2.85. The first-order valence-electron chi connectivity index (χ1n) is 5.25. The summed E-state index contributed by atoms with van der Waals surface area (Å²) < 4.78 is 0. The smallest absolute Gasteiger partial charge is 0.222 e. The number of carbonyl (C=O) groups excluding carboxylic acids is 1. The lowest BCUT2D eigenvalue weighted by Crippen LogP contribution is -2.51. The van der Waals surface area contributed by atoms with Gasteiger partial charge in [-0.3, -0.25) is 4.79 Å². The Hall–Kier alpha value is -0.570. The van der Waals surface area contributed by atoms with Crippen LogP contribution in [-0.4, -0.2) is 36.5 Å². The van der Waals surface area contributed by atoms with Gasteiger partial charge in [0.25, 0.3) is 0 Å². The zero-order valence-corrected chi connectivity index (χ0v) is 8.68. The molecule has 0 aliphatic carbocycles. The molecule has 1 N–H and O–H groups in total. The van der Waals surface area contributed by atoms with Crippen molar-refractivity contribution >= 4 is 5.91 Å². The average Bonchev–Trinajstić information content (AvgIpc) is 2.14. The predicted octanol–water partition coefficient (Wildman–Crippen LogP) is 0.997. The highest BCUT2D eigenvalue weighted by molar-refractivity contribution is 5.76. The third kappa shape index (κ3) is 3.35. The highest BCUT2D eigenvalue weighted by Gasteiger charge is 2.19. The summed E-state index contributed by atoms with van der Waals surface area (Å²) in [5.74, 6) is 0.329. The molecule has 1 aliphatic heterocycles. The van der Waals surface area contributed by atoms with E-state index in [1.54, 1.807) is 0 Å². The zero-order valence-electron chi connectivity index (χ0n) is 8.68. The van der Waals surface area contributed by atoms with E-state index >= 15 is 0 Å². The molecule has 0 saturated carbocycles. The van der Waals surface area contributed by atoms with Gasteiger partial charge in [0.15, 0.2) is 0 Å². The minimum Gasteiger partial charge on any atom is -0.340 e. The first kappa shape index (κ1) is 10.5. The summed E-state index contributed by atoms with van der Waals surface area (Å²) >= 11 is 0. The van der Waals surface area contributed by atoms with Crippen LogP contribution in [0.25, 0.3) is 0 Å². The van der Waals surface area contributed by atoms with Crippen LogP contribution in [0.4, 0.5) is 0 Å². The lowest BCUT2D eigenvalue weighted by Gasteiger charge is -2.31. The van der Waals surface area contributed by atoms with E-state index < -0.39 is 0 Å². The van der Waals surface area contributed by atoms with Crippen molar-refractivity contribution in [1.82, 2.24) is 10.2 Å². The minimum atomic E-state index is 0.329. The Bertz CT molecular complexity index is 170. The molecule has 1 fully saturated rings. The van der Waals surface area contributed by atoms with Crippen molar-refractivity contribution in [3.05, 3.63) is 0 Å². The average molecular weight is 184 g/mol. The van der Waals surface area contributed by atoms with Crippen molar-refractivity contribution in [3.63, 3.8) is 0 Å². The van der Waals surface area contributed by atoms with Gasteiger partial charge in [0.05, 0.1) is 0 Å². The number of hydrogen-bond acceptors (Lipinski definition) is 2. The van der Waals surface area contributed by atoms with Crippen LogP contribution in [0.1, 0.15) is 33.1 Å². The molecule has 1 amide bonds. The second-order valence-corrected chi connectivity index (χ2v) is 3.80. The van der Waals surface area contributed by atoms with Crippen molar-refractivity contribution in [2.45, 2.75) is 39.2 Å². The Balaban J connectivity index is 2.28. The lowest BCUT2D eigenvalue weighted by molar-refractivity contribution is -0.132. The van der Waals surface area contributed by atoms with Crippen LogP contribution in [0.2, 0.25) is 0 Å². The van der Waals surface area contributed by atoms with E-state index in [0.717, 1.165) is 38.9 Å². The second-order valence-electron chi connectivity index (χ2n) is 3.80. The molecule has 1 aliphatic rings. The normalized spacial score (nSPS) is 23.2. The summed E-state index contributed by atoms with van der Waals surface area (Å²) in [4.78, 5) is 13.6. The van der Waals surface area contributed by atoms with Crippen molar-refractivity contribution < 1.29 is 4.79 Å². The van der Waals surface area contributed by atoms with Crippen molar-refractivity contribution in [2.24, 2.45) is 0 Å². The Morgan fingerprint density at radius 3 is 3.00 bits per heavy atom. The topological polar surface area (TPSA) is 32.3 Å². The van der Waals surface area contributed by atoms with E-state index in [1.165, 1.54) is 0 Å². The SMILES string of the molecule is CCCCC(=O)N1CCN[C@H](C)C1. The van der Waals surface area contributed by atoms with Gasteiger partial charge in [-0.15, -0.1) is 0 Å². The highest BCUT2D eigenvalue weighted by Crippen LogP contribution is 2.04. The third-order valence-corrected chi connectivity index (χ3v) is 2.47.